The molecule has 2 saturated carbocycles. The highest BCUT2D eigenvalue weighted by Gasteiger charge is 2.28. The molecule has 2 unspecified atom stereocenters. The van der Waals surface area contributed by atoms with Crippen molar-refractivity contribution in [2.75, 3.05) is 5.73 Å². The van der Waals surface area contributed by atoms with Crippen LogP contribution in [-0.4, -0.2) is 9.55 Å². The summed E-state index contributed by atoms with van der Waals surface area (Å²) in [5, 5.41) is 0. The molecule has 0 amide bonds. The molecule has 112 valence electrons. The lowest BCUT2D eigenvalue weighted by atomic mass is 9.81. The minimum absolute atomic E-state index is 0.599. The van der Waals surface area contributed by atoms with Gasteiger partial charge in [0.1, 0.15) is 11.6 Å². The zero-order chi connectivity index (χ0) is 14.1. The van der Waals surface area contributed by atoms with Gasteiger partial charge >= 0.3 is 0 Å². The van der Waals surface area contributed by atoms with Crippen LogP contribution in [0.1, 0.15) is 88.1 Å². The molecule has 2 aliphatic rings. The van der Waals surface area contributed by atoms with Crippen molar-refractivity contribution in [3.63, 3.8) is 0 Å². The van der Waals surface area contributed by atoms with E-state index >= 15 is 0 Å². The average Bonchev–Trinajstić information content (AvgIpc) is 2.76. The lowest BCUT2D eigenvalue weighted by Gasteiger charge is -2.25. The van der Waals surface area contributed by atoms with Crippen LogP contribution in [0.5, 0.6) is 0 Å². The number of anilines is 1. The fourth-order valence-electron chi connectivity index (χ4n) is 4.26. The molecule has 3 rings (SSSR count). The van der Waals surface area contributed by atoms with Crippen LogP contribution in [0, 0.1) is 5.92 Å². The highest BCUT2D eigenvalue weighted by atomic mass is 15.1. The van der Waals surface area contributed by atoms with Crippen LogP contribution in [-0.2, 0) is 7.05 Å². The third-order valence-electron chi connectivity index (χ3n) is 5.50. The molecule has 1 heterocycles. The van der Waals surface area contributed by atoms with Crippen molar-refractivity contribution in [3.05, 3.63) is 11.5 Å². The molecule has 1 aromatic heterocycles. The SMILES string of the molecule is CC1CCCC(c2nc(C3CCCCC3)n(C)c2N)C1. The summed E-state index contributed by atoms with van der Waals surface area (Å²) in [6, 6.07) is 0. The number of rotatable bonds is 2. The van der Waals surface area contributed by atoms with Gasteiger partial charge in [-0.2, -0.15) is 0 Å². The molecule has 0 spiro atoms. The van der Waals surface area contributed by atoms with E-state index in [9.17, 15) is 0 Å². The van der Waals surface area contributed by atoms with Gasteiger partial charge in [-0.1, -0.05) is 39.0 Å². The minimum atomic E-state index is 0.599. The van der Waals surface area contributed by atoms with Gasteiger partial charge in [0, 0.05) is 18.9 Å². The van der Waals surface area contributed by atoms with Crippen LogP contribution in [0.15, 0.2) is 0 Å². The molecular formula is C17H29N3. The smallest absolute Gasteiger partial charge is 0.126 e. The van der Waals surface area contributed by atoms with Gasteiger partial charge in [-0.3, -0.25) is 0 Å². The van der Waals surface area contributed by atoms with Crippen LogP contribution >= 0.6 is 0 Å². The Labute approximate surface area is 123 Å². The molecule has 1 aromatic rings. The summed E-state index contributed by atoms with van der Waals surface area (Å²) in [4.78, 5) is 5.03. The highest BCUT2D eigenvalue weighted by molar-refractivity contribution is 5.41. The molecular weight excluding hydrogens is 246 g/mol. The summed E-state index contributed by atoms with van der Waals surface area (Å²) in [7, 11) is 2.11. The second kappa shape index (κ2) is 5.79. The fraction of sp³-hybridized carbons (Fsp3) is 0.824. The number of nitrogen functional groups attached to an aromatic ring is 1. The minimum Gasteiger partial charge on any atom is -0.384 e. The van der Waals surface area contributed by atoms with Crippen molar-refractivity contribution in [1.29, 1.82) is 0 Å². The van der Waals surface area contributed by atoms with Gasteiger partial charge in [0.15, 0.2) is 0 Å². The van der Waals surface area contributed by atoms with Gasteiger partial charge in [0.2, 0.25) is 0 Å². The van der Waals surface area contributed by atoms with E-state index in [1.165, 1.54) is 69.3 Å². The van der Waals surface area contributed by atoms with Gasteiger partial charge in [-0.05, 0) is 31.6 Å². The standard InChI is InChI=1S/C17H29N3/c1-12-7-6-10-14(11-12)15-16(18)20(2)17(19-15)13-8-4-3-5-9-13/h12-14H,3-11,18H2,1-2H3. The maximum absolute atomic E-state index is 6.39. The Morgan fingerprint density at radius 1 is 1.00 bits per heavy atom. The molecule has 0 saturated heterocycles. The van der Waals surface area contributed by atoms with Crippen molar-refractivity contribution in [1.82, 2.24) is 9.55 Å². The molecule has 0 aromatic carbocycles. The predicted octanol–water partition coefficient (Wildman–Crippen LogP) is 4.34. The van der Waals surface area contributed by atoms with E-state index in [0.717, 1.165) is 11.7 Å². The highest BCUT2D eigenvalue weighted by Crippen LogP contribution is 2.40. The first-order chi connectivity index (χ1) is 9.66. The van der Waals surface area contributed by atoms with Gasteiger partial charge in [0.05, 0.1) is 5.69 Å². The number of nitrogens with two attached hydrogens (primary N) is 1. The first kappa shape index (κ1) is 14.0. The number of nitrogens with zero attached hydrogens (tertiary/aromatic N) is 2. The lowest BCUT2D eigenvalue weighted by Crippen LogP contribution is -2.13. The Hall–Kier alpha value is -0.990. The maximum Gasteiger partial charge on any atom is 0.126 e. The van der Waals surface area contributed by atoms with Crippen LogP contribution in [0.25, 0.3) is 0 Å². The summed E-state index contributed by atoms with van der Waals surface area (Å²) in [6.45, 7) is 2.37. The van der Waals surface area contributed by atoms with Crippen molar-refractivity contribution in [2.24, 2.45) is 13.0 Å². The van der Waals surface area contributed by atoms with Crippen LogP contribution in [0.4, 0.5) is 5.82 Å². The Morgan fingerprint density at radius 2 is 1.70 bits per heavy atom. The van der Waals surface area contributed by atoms with Gasteiger partial charge in [-0.15, -0.1) is 0 Å². The van der Waals surface area contributed by atoms with Crippen molar-refractivity contribution in [2.45, 2.75) is 76.5 Å². The number of aromatic nitrogens is 2. The third-order valence-corrected chi connectivity index (χ3v) is 5.50. The Bertz CT molecular complexity index is 457. The largest absolute Gasteiger partial charge is 0.384 e. The third kappa shape index (κ3) is 2.59. The van der Waals surface area contributed by atoms with Crippen molar-refractivity contribution < 1.29 is 0 Å². The second-order valence-corrected chi connectivity index (χ2v) is 7.10. The normalized spacial score (nSPS) is 28.7. The first-order valence-electron chi connectivity index (χ1n) is 8.48. The molecule has 0 bridgehead atoms. The molecule has 0 aliphatic heterocycles. The first-order valence-corrected chi connectivity index (χ1v) is 8.48. The molecule has 2 fully saturated rings. The zero-order valence-corrected chi connectivity index (χ0v) is 13.1. The monoisotopic (exact) mass is 275 g/mol. The van der Waals surface area contributed by atoms with Crippen molar-refractivity contribution in [3.8, 4) is 0 Å². The summed E-state index contributed by atoms with van der Waals surface area (Å²) in [6.07, 6.45) is 11.9. The molecule has 20 heavy (non-hydrogen) atoms. The molecule has 2 N–H and O–H groups in total. The summed E-state index contributed by atoms with van der Waals surface area (Å²) in [5.74, 6) is 4.27. The van der Waals surface area contributed by atoms with E-state index in [2.05, 4.69) is 18.5 Å². The molecule has 3 nitrogen and oxygen atoms in total. The quantitative estimate of drug-likeness (QED) is 0.872. The van der Waals surface area contributed by atoms with Gasteiger partial charge in [-0.25, -0.2) is 4.98 Å². The Balaban J connectivity index is 1.84. The van der Waals surface area contributed by atoms with E-state index in [1.807, 2.05) is 0 Å². The van der Waals surface area contributed by atoms with Gasteiger partial charge < -0.3 is 10.3 Å². The fourth-order valence-corrected chi connectivity index (χ4v) is 4.26. The Kier molecular flexibility index (Phi) is 4.04. The van der Waals surface area contributed by atoms with Crippen LogP contribution < -0.4 is 5.73 Å². The van der Waals surface area contributed by atoms with Crippen molar-refractivity contribution >= 4 is 5.82 Å². The predicted molar refractivity (Wildman–Crippen MR) is 83.8 cm³/mol. The zero-order valence-electron chi connectivity index (χ0n) is 13.1. The summed E-state index contributed by atoms with van der Waals surface area (Å²) < 4.78 is 2.19. The summed E-state index contributed by atoms with van der Waals surface area (Å²) >= 11 is 0. The van der Waals surface area contributed by atoms with Crippen LogP contribution in [0.3, 0.4) is 0 Å². The average molecular weight is 275 g/mol. The number of hydrogen-bond acceptors (Lipinski definition) is 2. The number of hydrogen-bond donors (Lipinski definition) is 1. The lowest BCUT2D eigenvalue weighted by molar-refractivity contribution is 0.340. The topological polar surface area (TPSA) is 43.8 Å². The second-order valence-electron chi connectivity index (χ2n) is 7.10. The molecule has 3 heteroatoms. The Morgan fingerprint density at radius 3 is 2.40 bits per heavy atom. The van der Waals surface area contributed by atoms with E-state index in [0.29, 0.717) is 11.8 Å². The molecule has 0 radical (unpaired) electrons. The molecule has 2 atom stereocenters. The number of imidazole rings is 1. The van der Waals surface area contributed by atoms with E-state index in [4.69, 9.17) is 10.7 Å². The van der Waals surface area contributed by atoms with E-state index in [-0.39, 0.29) is 0 Å². The van der Waals surface area contributed by atoms with Crippen LogP contribution in [0.2, 0.25) is 0 Å². The maximum atomic E-state index is 6.39. The molecule has 2 aliphatic carbocycles. The summed E-state index contributed by atoms with van der Waals surface area (Å²) in [5.41, 5.74) is 7.59. The van der Waals surface area contributed by atoms with E-state index in [1.54, 1.807) is 0 Å². The van der Waals surface area contributed by atoms with Gasteiger partial charge in [0.25, 0.3) is 0 Å². The van der Waals surface area contributed by atoms with E-state index < -0.39 is 0 Å².